The molecule has 4 aliphatic carbocycles. The lowest BCUT2D eigenvalue weighted by Gasteiger charge is -2.55. The smallest absolute Gasteiger partial charge is 0.304 e. The number of allylic oxidation sites excluding steroid dienone is 1. The Morgan fingerprint density at radius 1 is 1.07 bits per heavy atom. The van der Waals surface area contributed by atoms with Crippen LogP contribution in [0.25, 0.3) is 0 Å². The van der Waals surface area contributed by atoms with Crippen molar-refractivity contribution in [1.29, 1.82) is 0 Å². The van der Waals surface area contributed by atoms with Crippen LogP contribution >= 0.6 is 0 Å². The standard InChI is InChI=1S/C24H32O4/c1-5-24(28-16(3)26)13-11-22-21-8-6-17-14-18(27-15(2)25)7-9-19(17)20(21)10-12-23(22,24)4/h1,14,18-22H,6-13H2,2-4H3/t18?,19?,20?,21?,22?,23?,24-/m0/s1. The molecule has 4 nitrogen and oxygen atoms in total. The minimum Gasteiger partial charge on any atom is -0.458 e. The van der Waals surface area contributed by atoms with E-state index in [0.29, 0.717) is 23.7 Å². The quantitative estimate of drug-likeness (QED) is 0.402. The van der Waals surface area contributed by atoms with E-state index in [4.69, 9.17) is 15.9 Å². The molecule has 7 atom stereocenters. The van der Waals surface area contributed by atoms with Gasteiger partial charge in [-0.3, -0.25) is 9.59 Å². The largest absolute Gasteiger partial charge is 0.458 e. The van der Waals surface area contributed by atoms with Gasteiger partial charge in [-0.25, -0.2) is 0 Å². The highest BCUT2D eigenvalue weighted by Crippen LogP contribution is 2.65. The molecule has 6 unspecified atom stereocenters. The van der Waals surface area contributed by atoms with E-state index in [9.17, 15) is 9.59 Å². The fraction of sp³-hybridized carbons (Fsp3) is 0.750. The molecular weight excluding hydrogens is 352 g/mol. The van der Waals surface area contributed by atoms with Crippen molar-refractivity contribution in [2.24, 2.45) is 29.1 Å². The van der Waals surface area contributed by atoms with E-state index < -0.39 is 5.60 Å². The first-order chi connectivity index (χ1) is 13.3. The third-order valence-corrected chi connectivity index (χ3v) is 8.40. The van der Waals surface area contributed by atoms with E-state index in [0.717, 1.165) is 44.9 Å². The molecule has 3 saturated carbocycles. The van der Waals surface area contributed by atoms with Crippen LogP contribution in [0.2, 0.25) is 0 Å². The van der Waals surface area contributed by atoms with Gasteiger partial charge in [0, 0.05) is 19.3 Å². The van der Waals surface area contributed by atoms with Crippen LogP contribution in [0.15, 0.2) is 11.6 Å². The normalized spacial score (nSPS) is 44.2. The van der Waals surface area contributed by atoms with Gasteiger partial charge < -0.3 is 9.47 Å². The minimum absolute atomic E-state index is 0.0429. The summed E-state index contributed by atoms with van der Waals surface area (Å²) in [6.45, 7) is 5.23. The van der Waals surface area contributed by atoms with Gasteiger partial charge in [0.25, 0.3) is 0 Å². The van der Waals surface area contributed by atoms with Crippen LogP contribution in [0, 0.1) is 41.4 Å². The molecule has 28 heavy (non-hydrogen) atoms. The van der Waals surface area contributed by atoms with E-state index in [2.05, 4.69) is 18.9 Å². The van der Waals surface area contributed by atoms with Gasteiger partial charge in [-0.1, -0.05) is 18.4 Å². The Morgan fingerprint density at radius 3 is 2.54 bits per heavy atom. The molecule has 0 heterocycles. The van der Waals surface area contributed by atoms with Gasteiger partial charge in [0.1, 0.15) is 6.10 Å². The Labute approximate surface area is 168 Å². The Bertz CT molecular complexity index is 746. The first kappa shape index (κ1) is 19.6. The molecule has 0 amide bonds. The van der Waals surface area contributed by atoms with Crippen molar-refractivity contribution >= 4 is 11.9 Å². The van der Waals surface area contributed by atoms with Crippen molar-refractivity contribution in [3.05, 3.63) is 11.6 Å². The Kier molecular flexibility index (Phi) is 4.84. The third kappa shape index (κ3) is 2.90. The SMILES string of the molecule is C#C[C@]1(OC(C)=O)CCC2C3CCC4=CC(OC(C)=O)CCC4C3CCC21C. The van der Waals surface area contributed by atoms with E-state index in [1.807, 2.05) is 0 Å². The number of carbonyl (C=O) groups is 2. The molecule has 0 N–H and O–H groups in total. The van der Waals surface area contributed by atoms with Gasteiger partial charge in [-0.05, 0) is 81.1 Å². The molecule has 152 valence electrons. The van der Waals surface area contributed by atoms with Crippen LogP contribution in [0.3, 0.4) is 0 Å². The van der Waals surface area contributed by atoms with Gasteiger partial charge in [0.05, 0.1) is 0 Å². The molecule has 0 aromatic rings. The number of carbonyl (C=O) groups excluding carboxylic acids is 2. The molecule has 0 saturated heterocycles. The van der Waals surface area contributed by atoms with Gasteiger partial charge >= 0.3 is 11.9 Å². The molecule has 0 aromatic carbocycles. The molecule has 0 aliphatic heterocycles. The third-order valence-electron chi connectivity index (χ3n) is 8.40. The molecule has 0 aromatic heterocycles. The summed E-state index contributed by atoms with van der Waals surface area (Å²) in [7, 11) is 0. The van der Waals surface area contributed by atoms with Crippen molar-refractivity contribution in [1.82, 2.24) is 0 Å². The van der Waals surface area contributed by atoms with E-state index in [-0.39, 0.29) is 23.5 Å². The summed E-state index contributed by atoms with van der Waals surface area (Å²) in [6.07, 6.45) is 16.5. The Balaban J connectivity index is 1.57. The zero-order valence-corrected chi connectivity index (χ0v) is 17.3. The Morgan fingerprint density at radius 2 is 1.86 bits per heavy atom. The predicted molar refractivity (Wildman–Crippen MR) is 106 cm³/mol. The molecule has 0 spiro atoms. The molecular formula is C24H32O4. The van der Waals surface area contributed by atoms with E-state index in [1.165, 1.54) is 25.8 Å². The van der Waals surface area contributed by atoms with E-state index in [1.54, 1.807) is 0 Å². The number of hydrogen-bond acceptors (Lipinski definition) is 4. The summed E-state index contributed by atoms with van der Waals surface area (Å²) >= 11 is 0. The first-order valence-corrected chi connectivity index (χ1v) is 10.8. The highest BCUT2D eigenvalue weighted by Gasteiger charge is 2.64. The van der Waals surface area contributed by atoms with Crippen LogP contribution in [-0.2, 0) is 19.1 Å². The van der Waals surface area contributed by atoms with E-state index >= 15 is 0 Å². The predicted octanol–water partition coefficient (Wildman–Crippen LogP) is 4.43. The second-order valence-electron chi connectivity index (χ2n) is 9.61. The molecule has 0 radical (unpaired) electrons. The summed E-state index contributed by atoms with van der Waals surface area (Å²) in [4.78, 5) is 23.1. The molecule has 4 rings (SSSR count). The monoisotopic (exact) mass is 384 g/mol. The molecule has 4 heteroatoms. The number of fused-ring (bicyclic) bond motifs is 5. The van der Waals surface area contributed by atoms with Crippen molar-refractivity contribution in [3.8, 4) is 12.3 Å². The lowest BCUT2D eigenvalue weighted by atomic mass is 9.50. The summed E-state index contributed by atoms with van der Waals surface area (Å²) in [5.74, 6) is 4.94. The van der Waals surface area contributed by atoms with Gasteiger partial charge in [-0.2, -0.15) is 0 Å². The lowest BCUT2D eigenvalue weighted by Crippen LogP contribution is -2.53. The summed E-state index contributed by atoms with van der Waals surface area (Å²) in [5, 5.41) is 0. The van der Waals surface area contributed by atoms with Gasteiger partial charge in [0.2, 0.25) is 0 Å². The number of esters is 2. The molecule has 4 aliphatic rings. The minimum atomic E-state index is -0.739. The van der Waals surface area contributed by atoms with Crippen molar-refractivity contribution in [3.63, 3.8) is 0 Å². The summed E-state index contributed by atoms with van der Waals surface area (Å²) in [6, 6.07) is 0. The van der Waals surface area contributed by atoms with Crippen LogP contribution in [0.5, 0.6) is 0 Å². The number of hydrogen-bond donors (Lipinski definition) is 0. The second-order valence-corrected chi connectivity index (χ2v) is 9.61. The fourth-order valence-corrected chi connectivity index (χ4v) is 7.28. The zero-order valence-electron chi connectivity index (χ0n) is 17.3. The number of rotatable bonds is 2. The average molecular weight is 385 g/mol. The second kappa shape index (κ2) is 6.94. The van der Waals surface area contributed by atoms with Gasteiger partial charge in [0.15, 0.2) is 5.60 Å². The number of ether oxygens (including phenoxy) is 2. The zero-order chi connectivity index (χ0) is 20.1. The van der Waals surface area contributed by atoms with Crippen LogP contribution in [0.4, 0.5) is 0 Å². The Hall–Kier alpha value is -1.76. The van der Waals surface area contributed by atoms with Crippen LogP contribution in [-0.4, -0.2) is 23.6 Å². The van der Waals surface area contributed by atoms with Crippen LogP contribution in [0.1, 0.15) is 72.1 Å². The van der Waals surface area contributed by atoms with Crippen molar-refractivity contribution in [2.45, 2.75) is 83.8 Å². The first-order valence-electron chi connectivity index (χ1n) is 10.8. The van der Waals surface area contributed by atoms with Crippen LogP contribution < -0.4 is 0 Å². The maximum Gasteiger partial charge on any atom is 0.304 e. The number of terminal acetylenes is 1. The summed E-state index contributed by atoms with van der Waals surface area (Å²) in [5.41, 5.74) is 0.644. The maximum atomic E-state index is 11.8. The highest BCUT2D eigenvalue weighted by molar-refractivity contribution is 5.67. The van der Waals surface area contributed by atoms with Gasteiger partial charge in [-0.15, -0.1) is 6.42 Å². The highest BCUT2D eigenvalue weighted by atomic mass is 16.6. The van der Waals surface area contributed by atoms with Crippen molar-refractivity contribution < 1.29 is 19.1 Å². The molecule has 0 bridgehead atoms. The topological polar surface area (TPSA) is 52.6 Å². The lowest BCUT2D eigenvalue weighted by molar-refractivity contribution is -0.167. The average Bonchev–Trinajstić information content (AvgIpc) is 2.93. The van der Waals surface area contributed by atoms with Crippen molar-refractivity contribution in [2.75, 3.05) is 0 Å². The fourth-order valence-electron chi connectivity index (χ4n) is 7.28. The summed E-state index contributed by atoms with van der Waals surface area (Å²) < 4.78 is 11.3. The maximum absolute atomic E-state index is 11.8. The molecule has 3 fully saturated rings.